The summed E-state index contributed by atoms with van der Waals surface area (Å²) in [5, 5.41) is 19.9. The average molecular weight is 338 g/mol. The van der Waals surface area contributed by atoms with Crippen LogP contribution in [0.15, 0.2) is 88.7 Å². The van der Waals surface area contributed by atoms with E-state index in [1.807, 2.05) is 42.5 Å². The zero-order chi connectivity index (χ0) is 16.8. The second-order valence-electron chi connectivity index (χ2n) is 5.27. The van der Waals surface area contributed by atoms with E-state index in [1.54, 1.807) is 36.0 Å². The molecule has 3 rings (SSSR count). The van der Waals surface area contributed by atoms with Crippen molar-refractivity contribution in [3.05, 3.63) is 84.4 Å². The van der Waals surface area contributed by atoms with Crippen molar-refractivity contribution in [2.24, 2.45) is 0 Å². The first kappa shape index (κ1) is 16.4. The third-order valence-corrected chi connectivity index (χ3v) is 4.52. The summed E-state index contributed by atoms with van der Waals surface area (Å²) in [5.74, 6) is 0.755. The van der Waals surface area contributed by atoms with Crippen molar-refractivity contribution < 1.29 is 14.9 Å². The summed E-state index contributed by atoms with van der Waals surface area (Å²) in [4.78, 5) is 2.30. The Morgan fingerprint density at radius 3 is 2.12 bits per heavy atom. The Hall–Kier alpha value is -2.43. The molecule has 0 spiro atoms. The zero-order valence-electron chi connectivity index (χ0n) is 13.0. The molecule has 0 saturated carbocycles. The van der Waals surface area contributed by atoms with Crippen molar-refractivity contribution in [1.82, 2.24) is 0 Å². The average Bonchev–Trinajstić information content (AvgIpc) is 2.62. The summed E-state index contributed by atoms with van der Waals surface area (Å²) < 4.78 is 5.61. The molecule has 4 heteroatoms. The molecule has 122 valence electrons. The van der Waals surface area contributed by atoms with Crippen LogP contribution in [0.25, 0.3) is 0 Å². The third kappa shape index (κ3) is 4.31. The van der Waals surface area contributed by atoms with Gasteiger partial charge < -0.3 is 14.9 Å². The van der Waals surface area contributed by atoms with Gasteiger partial charge in [0.2, 0.25) is 0 Å². The van der Waals surface area contributed by atoms with Gasteiger partial charge in [-0.05, 0) is 42.5 Å². The van der Waals surface area contributed by atoms with Crippen molar-refractivity contribution in [1.29, 1.82) is 0 Å². The van der Waals surface area contributed by atoms with Crippen LogP contribution in [-0.4, -0.2) is 16.8 Å². The number of aliphatic hydroxyl groups excluding tert-OH is 1. The van der Waals surface area contributed by atoms with Gasteiger partial charge in [0.1, 0.15) is 24.2 Å². The number of phenolic OH excluding ortho intramolecular Hbond substituents is 1. The van der Waals surface area contributed by atoms with E-state index in [9.17, 15) is 10.2 Å². The number of hydrogen-bond acceptors (Lipinski definition) is 4. The molecule has 0 amide bonds. The summed E-state index contributed by atoms with van der Waals surface area (Å²) in [6.07, 6.45) is -0.871. The van der Waals surface area contributed by atoms with Crippen molar-refractivity contribution in [2.45, 2.75) is 15.9 Å². The standard InChI is InChI=1S/C20H18O3S/c21-19-9-5-4-8-18(19)20(22)14-23-15-10-12-17(13-11-15)24-16-6-2-1-3-7-16/h1-13,20-22H,14H2. The highest BCUT2D eigenvalue weighted by Crippen LogP contribution is 2.29. The maximum Gasteiger partial charge on any atom is 0.121 e. The van der Waals surface area contributed by atoms with Crippen LogP contribution in [0.1, 0.15) is 11.7 Å². The molecule has 0 radical (unpaired) electrons. The summed E-state index contributed by atoms with van der Waals surface area (Å²) in [6, 6.07) is 24.6. The van der Waals surface area contributed by atoms with Crippen LogP contribution in [0.3, 0.4) is 0 Å². The molecule has 1 unspecified atom stereocenters. The number of aromatic hydroxyl groups is 1. The Morgan fingerprint density at radius 1 is 0.792 bits per heavy atom. The third-order valence-electron chi connectivity index (χ3n) is 3.51. The number of hydrogen-bond donors (Lipinski definition) is 2. The SMILES string of the molecule is Oc1ccccc1C(O)COc1ccc(Sc2ccccc2)cc1. The second kappa shape index (κ2) is 7.90. The van der Waals surface area contributed by atoms with E-state index < -0.39 is 6.10 Å². The van der Waals surface area contributed by atoms with E-state index in [0.29, 0.717) is 11.3 Å². The first-order chi connectivity index (χ1) is 11.7. The number of aliphatic hydroxyl groups is 1. The van der Waals surface area contributed by atoms with Gasteiger partial charge in [0, 0.05) is 15.4 Å². The van der Waals surface area contributed by atoms with Gasteiger partial charge in [0.05, 0.1) is 0 Å². The number of ether oxygens (including phenoxy) is 1. The minimum absolute atomic E-state index is 0.0724. The first-order valence-electron chi connectivity index (χ1n) is 7.64. The summed E-state index contributed by atoms with van der Waals surface area (Å²) in [5.41, 5.74) is 0.466. The van der Waals surface area contributed by atoms with Crippen LogP contribution in [0, 0.1) is 0 Å². The molecular formula is C20H18O3S. The van der Waals surface area contributed by atoms with E-state index in [-0.39, 0.29) is 12.4 Å². The maximum absolute atomic E-state index is 10.1. The van der Waals surface area contributed by atoms with E-state index in [0.717, 1.165) is 4.90 Å². The molecule has 1 atom stereocenters. The summed E-state index contributed by atoms with van der Waals surface area (Å²) in [6.45, 7) is 0.0861. The highest BCUT2D eigenvalue weighted by Gasteiger charge is 2.12. The van der Waals surface area contributed by atoms with Crippen LogP contribution >= 0.6 is 11.8 Å². The topological polar surface area (TPSA) is 49.7 Å². The Balaban J connectivity index is 1.57. The van der Waals surface area contributed by atoms with Gasteiger partial charge in [-0.15, -0.1) is 0 Å². The number of para-hydroxylation sites is 1. The molecule has 3 nitrogen and oxygen atoms in total. The molecule has 0 aliphatic rings. The molecule has 0 heterocycles. The van der Waals surface area contributed by atoms with Gasteiger partial charge in [-0.2, -0.15) is 0 Å². The Bertz CT molecular complexity index is 772. The van der Waals surface area contributed by atoms with E-state index in [2.05, 4.69) is 12.1 Å². The smallest absolute Gasteiger partial charge is 0.121 e. The van der Waals surface area contributed by atoms with Crippen molar-refractivity contribution in [3.8, 4) is 11.5 Å². The van der Waals surface area contributed by atoms with E-state index in [4.69, 9.17) is 4.74 Å². The van der Waals surface area contributed by atoms with Gasteiger partial charge in [-0.25, -0.2) is 0 Å². The van der Waals surface area contributed by atoms with E-state index in [1.165, 1.54) is 4.90 Å². The highest BCUT2D eigenvalue weighted by atomic mass is 32.2. The Kier molecular flexibility index (Phi) is 5.41. The lowest BCUT2D eigenvalue weighted by Crippen LogP contribution is -2.09. The number of phenols is 1. The lowest BCUT2D eigenvalue weighted by atomic mass is 10.1. The first-order valence-corrected chi connectivity index (χ1v) is 8.46. The molecular weight excluding hydrogens is 320 g/mol. The fraction of sp³-hybridized carbons (Fsp3) is 0.100. The minimum Gasteiger partial charge on any atom is -0.508 e. The Labute approximate surface area is 145 Å². The van der Waals surface area contributed by atoms with Crippen LogP contribution in [0.4, 0.5) is 0 Å². The van der Waals surface area contributed by atoms with Crippen LogP contribution in [-0.2, 0) is 0 Å². The van der Waals surface area contributed by atoms with Crippen LogP contribution in [0.2, 0.25) is 0 Å². The minimum atomic E-state index is -0.871. The monoisotopic (exact) mass is 338 g/mol. The van der Waals surface area contributed by atoms with Gasteiger partial charge in [0.15, 0.2) is 0 Å². The lowest BCUT2D eigenvalue weighted by molar-refractivity contribution is 0.106. The largest absolute Gasteiger partial charge is 0.508 e. The molecule has 0 aliphatic heterocycles. The molecule has 0 bridgehead atoms. The van der Waals surface area contributed by atoms with Gasteiger partial charge in [-0.1, -0.05) is 48.2 Å². The quantitative estimate of drug-likeness (QED) is 0.686. The van der Waals surface area contributed by atoms with Crippen molar-refractivity contribution in [2.75, 3.05) is 6.61 Å². The van der Waals surface area contributed by atoms with Gasteiger partial charge in [-0.3, -0.25) is 0 Å². The van der Waals surface area contributed by atoms with Gasteiger partial charge >= 0.3 is 0 Å². The molecule has 24 heavy (non-hydrogen) atoms. The fourth-order valence-corrected chi connectivity index (χ4v) is 3.10. The maximum atomic E-state index is 10.1. The van der Waals surface area contributed by atoms with Crippen molar-refractivity contribution in [3.63, 3.8) is 0 Å². The lowest BCUT2D eigenvalue weighted by Gasteiger charge is -2.14. The molecule has 0 aliphatic carbocycles. The summed E-state index contributed by atoms with van der Waals surface area (Å²) in [7, 11) is 0. The normalized spacial score (nSPS) is 11.9. The Morgan fingerprint density at radius 2 is 1.42 bits per heavy atom. The molecule has 3 aromatic rings. The molecule has 0 fully saturated rings. The molecule has 0 saturated heterocycles. The predicted octanol–water partition coefficient (Wildman–Crippen LogP) is 4.66. The van der Waals surface area contributed by atoms with Gasteiger partial charge in [0.25, 0.3) is 0 Å². The predicted molar refractivity (Wildman–Crippen MR) is 95.6 cm³/mol. The number of benzene rings is 3. The molecule has 3 aromatic carbocycles. The van der Waals surface area contributed by atoms with Crippen molar-refractivity contribution >= 4 is 11.8 Å². The van der Waals surface area contributed by atoms with Crippen LogP contribution in [0.5, 0.6) is 11.5 Å². The zero-order valence-corrected chi connectivity index (χ0v) is 13.8. The number of rotatable bonds is 6. The van der Waals surface area contributed by atoms with E-state index >= 15 is 0 Å². The second-order valence-corrected chi connectivity index (χ2v) is 6.42. The van der Waals surface area contributed by atoms with Crippen LogP contribution < -0.4 is 4.74 Å². The highest BCUT2D eigenvalue weighted by molar-refractivity contribution is 7.99. The molecule has 2 N–H and O–H groups in total. The fourth-order valence-electron chi connectivity index (χ4n) is 2.26. The summed E-state index contributed by atoms with van der Waals surface area (Å²) >= 11 is 1.68. The molecule has 0 aromatic heterocycles.